The van der Waals surface area contributed by atoms with E-state index in [9.17, 15) is 13.4 Å². The van der Waals surface area contributed by atoms with Crippen LogP contribution in [-0.4, -0.2) is 60.3 Å². The van der Waals surface area contributed by atoms with Crippen LogP contribution in [0.25, 0.3) is 22.3 Å². The van der Waals surface area contributed by atoms with Crippen LogP contribution in [0.4, 0.5) is 10.1 Å². The predicted octanol–water partition coefficient (Wildman–Crippen LogP) is 3.46. The number of anilines is 1. The summed E-state index contributed by atoms with van der Waals surface area (Å²) >= 11 is 0. The monoisotopic (exact) mass is 516 g/mol. The highest BCUT2D eigenvalue weighted by atomic mass is 32.2. The number of fused-ring (bicyclic) bond motifs is 1. The first-order valence-corrected chi connectivity index (χ1v) is 13.4. The Labute approximate surface area is 212 Å². The fraction of sp³-hybridized carbons (Fsp3) is 0.400. The van der Waals surface area contributed by atoms with Crippen LogP contribution in [0.5, 0.6) is 0 Å². The van der Waals surface area contributed by atoms with Gasteiger partial charge < -0.3 is 24.5 Å². The SMILES string of the molecule is CNC(=O)c1c(-c2ccc(F)cc2)oc2cc(N(CCOCCCB(O)O)S(C)=O)c(C3CC3)cc12. The van der Waals surface area contributed by atoms with Gasteiger partial charge in [-0.05, 0) is 67.4 Å². The molecule has 1 saturated carbocycles. The van der Waals surface area contributed by atoms with Crippen molar-refractivity contribution in [1.29, 1.82) is 0 Å². The van der Waals surface area contributed by atoms with Gasteiger partial charge in [-0.1, -0.05) is 0 Å². The highest BCUT2D eigenvalue weighted by Gasteiger charge is 2.31. The minimum Gasteiger partial charge on any atom is -0.455 e. The van der Waals surface area contributed by atoms with Crippen LogP contribution in [0.3, 0.4) is 0 Å². The summed E-state index contributed by atoms with van der Waals surface area (Å²) in [5.41, 5.74) is 3.20. The average Bonchev–Trinajstić information content (AvgIpc) is 3.63. The number of hydrogen-bond donors (Lipinski definition) is 3. The number of rotatable bonds is 12. The van der Waals surface area contributed by atoms with Gasteiger partial charge in [0.15, 0.2) is 0 Å². The molecule has 11 heteroatoms. The topological polar surface area (TPSA) is 112 Å². The van der Waals surface area contributed by atoms with Gasteiger partial charge in [0.25, 0.3) is 5.91 Å². The van der Waals surface area contributed by atoms with Crippen molar-refractivity contribution < 1.29 is 32.6 Å². The first kappa shape index (κ1) is 26.3. The van der Waals surface area contributed by atoms with Crippen LogP contribution in [0.2, 0.25) is 6.32 Å². The largest absolute Gasteiger partial charge is 0.455 e. The number of amides is 1. The molecule has 0 radical (unpaired) electrons. The fourth-order valence-electron chi connectivity index (χ4n) is 4.25. The quantitative estimate of drug-likeness (QED) is 0.251. The lowest BCUT2D eigenvalue weighted by molar-refractivity contribution is 0.0964. The van der Waals surface area contributed by atoms with Gasteiger partial charge in [-0.25, -0.2) is 8.60 Å². The van der Waals surface area contributed by atoms with Gasteiger partial charge in [0.2, 0.25) is 0 Å². The number of hydrogen-bond acceptors (Lipinski definition) is 6. The first-order chi connectivity index (χ1) is 17.3. The molecule has 1 atom stereocenters. The molecule has 1 heterocycles. The number of nitrogens with one attached hydrogen (secondary N) is 1. The van der Waals surface area contributed by atoms with E-state index in [0.717, 1.165) is 24.1 Å². The Morgan fingerprint density at radius 2 is 1.97 bits per heavy atom. The standard InChI is InChI=1S/C25H30BFN2O6S/c1-28-25(30)23-20-14-19(16-4-5-16)21(29(36(2)33)11-13-34-12-3-10-26(31)32)15-22(20)35-24(23)17-6-8-18(27)9-7-17/h6-9,14-16,31-32H,3-5,10-13H2,1-2H3,(H,28,30). The molecular weight excluding hydrogens is 486 g/mol. The van der Waals surface area contributed by atoms with Gasteiger partial charge in [-0.2, -0.15) is 0 Å². The Morgan fingerprint density at radius 1 is 1.25 bits per heavy atom. The predicted molar refractivity (Wildman–Crippen MR) is 139 cm³/mol. The van der Waals surface area contributed by atoms with Gasteiger partial charge in [0.05, 0.1) is 24.4 Å². The first-order valence-electron chi connectivity index (χ1n) is 11.9. The molecule has 3 aromatic rings. The minimum atomic E-state index is -1.35. The van der Waals surface area contributed by atoms with E-state index in [1.807, 2.05) is 12.1 Å². The van der Waals surface area contributed by atoms with Gasteiger partial charge in [-0.15, -0.1) is 0 Å². The Balaban J connectivity index is 1.71. The summed E-state index contributed by atoms with van der Waals surface area (Å²) in [6, 6.07) is 9.56. The van der Waals surface area contributed by atoms with E-state index in [1.54, 1.807) is 29.7 Å². The molecule has 1 aliphatic carbocycles. The van der Waals surface area contributed by atoms with Crippen molar-refractivity contribution in [2.45, 2.75) is 31.5 Å². The number of benzene rings is 2. The summed E-state index contributed by atoms with van der Waals surface area (Å²) in [6.07, 6.45) is 4.34. The van der Waals surface area contributed by atoms with Crippen LogP contribution < -0.4 is 9.62 Å². The van der Waals surface area contributed by atoms with Crippen LogP contribution in [-0.2, 0) is 15.7 Å². The zero-order valence-corrected chi connectivity index (χ0v) is 21.1. The van der Waals surface area contributed by atoms with Crippen LogP contribution >= 0.6 is 0 Å². The number of carbonyl (C=O) groups excluding carboxylic acids is 1. The fourth-order valence-corrected chi connectivity index (χ4v) is 5.01. The summed E-state index contributed by atoms with van der Waals surface area (Å²) < 4.78 is 39.8. The lowest BCUT2D eigenvalue weighted by Crippen LogP contribution is -2.30. The average molecular weight is 516 g/mol. The molecule has 2 aromatic carbocycles. The Morgan fingerprint density at radius 3 is 2.58 bits per heavy atom. The van der Waals surface area contributed by atoms with Crippen molar-refractivity contribution in [1.82, 2.24) is 5.32 Å². The molecule has 192 valence electrons. The highest BCUT2D eigenvalue weighted by Crippen LogP contribution is 2.47. The Hall–Kier alpha value is -2.73. The van der Waals surface area contributed by atoms with Gasteiger partial charge >= 0.3 is 7.12 Å². The third-order valence-electron chi connectivity index (χ3n) is 6.18. The molecule has 1 fully saturated rings. The molecule has 4 rings (SSSR count). The number of halogens is 1. The molecule has 1 aliphatic rings. The van der Waals surface area contributed by atoms with Gasteiger partial charge in [-0.3, -0.25) is 9.10 Å². The lowest BCUT2D eigenvalue weighted by atomic mass is 9.85. The highest BCUT2D eigenvalue weighted by molar-refractivity contribution is 7.85. The minimum absolute atomic E-state index is 0.231. The third-order valence-corrected chi connectivity index (χ3v) is 7.18. The second-order valence-corrected chi connectivity index (χ2v) is 10.1. The molecule has 0 spiro atoms. The van der Waals surface area contributed by atoms with Gasteiger partial charge in [0, 0.05) is 36.9 Å². The van der Waals surface area contributed by atoms with E-state index in [1.165, 1.54) is 12.1 Å². The smallest absolute Gasteiger partial charge is 0.451 e. The maximum Gasteiger partial charge on any atom is 0.451 e. The summed E-state index contributed by atoms with van der Waals surface area (Å²) in [7, 11) is -1.15. The maximum atomic E-state index is 13.5. The van der Waals surface area contributed by atoms with Crippen LogP contribution in [0.15, 0.2) is 40.8 Å². The van der Waals surface area contributed by atoms with E-state index in [-0.39, 0.29) is 18.0 Å². The number of carbonyl (C=O) groups is 1. The molecule has 1 aromatic heterocycles. The van der Waals surface area contributed by atoms with E-state index < -0.39 is 18.1 Å². The maximum absolute atomic E-state index is 13.5. The van der Waals surface area contributed by atoms with E-state index in [2.05, 4.69) is 5.32 Å². The van der Waals surface area contributed by atoms with Crippen molar-refractivity contribution in [3.05, 3.63) is 53.3 Å². The summed E-state index contributed by atoms with van der Waals surface area (Å²) in [6.45, 7) is 1.04. The molecule has 1 unspecified atom stereocenters. The van der Waals surface area contributed by atoms with E-state index in [0.29, 0.717) is 60.0 Å². The zero-order chi connectivity index (χ0) is 25.8. The van der Waals surface area contributed by atoms with Crippen LogP contribution in [0, 0.1) is 5.82 Å². The van der Waals surface area contributed by atoms with E-state index in [4.69, 9.17) is 19.2 Å². The summed E-state index contributed by atoms with van der Waals surface area (Å²) in [4.78, 5) is 12.9. The molecule has 3 N–H and O–H groups in total. The molecule has 0 saturated heterocycles. The summed E-state index contributed by atoms with van der Waals surface area (Å²) in [5.74, 6) is -0.0451. The molecule has 0 aliphatic heterocycles. The molecular formula is C25H30BFN2O6S. The van der Waals surface area contributed by atoms with Crippen molar-refractivity contribution in [2.24, 2.45) is 0 Å². The van der Waals surface area contributed by atoms with Crippen molar-refractivity contribution in [2.75, 3.05) is 37.4 Å². The molecule has 8 nitrogen and oxygen atoms in total. The zero-order valence-electron chi connectivity index (χ0n) is 20.3. The number of ether oxygens (including phenoxy) is 1. The normalized spacial score (nSPS) is 14.1. The van der Waals surface area contributed by atoms with Crippen LogP contribution in [0.1, 0.15) is 41.1 Å². The second kappa shape index (κ2) is 11.6. The molecule has 0 bridgehead atoms. The van der Waals surface area contributed by atoms with E-state index >= 15 is 0 Å². The lowest BCUT2D eigenvalue weighted by Gasteiger charge is -2.24. The third kappa shape index (κ3) is 5.97. The van der Waals surface area contributed by atoms with Crippen molar-refractivity contribution >= 4 is 40.7 Å². The summed E-state index contributed by atoms with van der Waals surface area (Å²) in [5, 5.41) is 21.2. The van der Waals surface area contributed by atoms with Crippen molar-refractivity contribution in [3.8, 4) is 11.3 Å². The molecule has 1 amide bonds. The Kier molecular flexibility index (Phi) is 8.45. The number of nitrogens with zero attached hydrogens (tertiary/aromatic N) is 1. The second-order valence-electron chi connectivity index (χ2n) is 8.83. The van der Waals surface area contributed by atoms with Gasteiger partial charge in [0.1, 0.15) is 28.1 Å². The molecule has 36 heavy (non-hydrogen) atoms. The number of furan rings is 1. The van der Waals surface area contributed by atoms with Crippen molar-refractivity contribution in [3.63, 3.8) is 0 Å². The Bertz CT molecular complexity index is 1250.